The number of hydrogen-bond donors (Lipinski definition) is 1. The molecule has 1 aromatic carbocycles. The fourth-order valence-corrected chi connectivity index (χ4v) is 4.37. The van der Waals surface area contributed by atoms with E-state index in [4.69, 9.17) is 9.47 Å². The monoisotopic (exact) mass is 404 g/mol. The average Bonchev–Trinajstić information content (AvgIpc) is 3.09. The van der Waals surface area contributed by atoms with Crippen molar-refractivity contribution in [3.8, 4) is 5.75 Å². The molecule has 1 atom stereocenters. The number of anilines is 1. The minimum atomic E-state index is -0.653. The molecule has 1 heterocycles. The summed E-state index contributed by atoms with van der Waals surface area (Å²) in [6.45, 7) is 1.66. The maximum atomic E-state index is 12.4. The summed E-state index contributed by atoms with van der Waals surface area (Å²) < 4.78 is 10.1. The molecule has 1 N–H and O–H groups in total. The predicted molar refractivity (Wildman–Crippen MR) is 104 cm³/mol. The van der Waals surface area contributed by atoms with Crippen LogP contribution in [0.15, 0.2) is 23.6 Å². The van der Waals surface area contributed by atoms with Gasteiger partial charge in [0.05, 0.1) is 23.7 Å². The first-order valence-electron chi connectivity index (χ1n) is 8.77. The summed E-state index contributed by atoms with van der Waals surface area (Å²) in [6.07, 6.45) is 2.80. The third-order valence-electron chi connectivity index (χ3n) is 4.63. The van der Waals surface area contributed by atoms with E-state index in [-0.39, 0.29) is 11.4 Å². The van der Waals surface area contributed by atoms with E-state index in [1.807, 2.05) is 0 Å². The Hall–Kier alpha value is -2.94. The predicted octanol–water partition coefficient (Wildman–Crippen LogP) is 3.59. The summed E-state index contributed by atoms with van der Waals surface area (Å²) in [4.78, 5) is 36.2. The lowest BCUT2D eigenvalue weighted by Gasteiger charge is -2.18. The minimum absolute atomic E-state index is 0.00810. The first kappa shape index (κ1) is 19.8. The standard InChI is InChI=1S/C19H20N2O6S/c1-11-3-5-13-14(10-28-17(13)7-11)19(23)27-9-18(22)20-15-6-4-12(26-2)8-16(15)21(24)25/h4,6,8,10-11H,3,5,7,9H2,1-2H3,(H,20,22). The summed E-state index contributed by atoms with van der Waals surface area (Å²) in [5, 5.41) is 15.3. The highest BCUT2D eigenvalue weighted by Gasteiger charge is 2.24. The van der Waals surface area contributed by atoms with E-state index in [9.17, 15) is 19.7 Å². The number of benzene rings is 1. The molecule has 1 aromatic heterocycles. The number of rotatable bonds is 6. The van der Waals surface area contributed by atoms with Crippen molar-refractivity contribution in [3.63, 3.8) is 0 Å². The van der Waals surface area contributed by atoms with Gasteiger partial charge in [-0.1, -0.05) is 6.92 Å². The van der Waals surface area contributed by atoms with Crippen LogP contribution in [0.2, 0.25) is 0 Å². The van der Waals surface area contributed by atoms with Crippen LogP contribution < -0.4 is 10.1 Å². The van der Waals surface area contributed by atoms with Crippen molar-refractivity contribution in [3.05, 3.63) is 49.7 Å². The third kappa shape index (κ3) is 4.30. The summed E-state index contributed by atoms with van der Waals surface area (Å²) in [5.74, 6) is -0.306. The first-order valence-corrected chi connectivity index (χ1v) is 9.65. The quantitative estimate of drug-likeness (QED) is 0.448. The van der Waals surface area contributed by atoms with Gasteiger partial charge in [0.25, 0.3) is 11.6 Å². The highest BCUT2D eigenvalue weighted by molar-refractivity contribution is 7.10. The molecule has 0 radical (unpaired) electrons. The molecular weight excluding hydrogens is 384 g/mol. The number of carbonyl (C=O) groups is 2. The zero-order valence-corrected chi connectivity index (χ0v) is 16.3. The van der Waals surface area contributed by atoms with Crippen molar-refractivity contribution in [1.82, 2.24) is 0 Å². The third-order valence-corrected chi connectivity index (χ3v) is 5.68. The lowest BCUT2D eigenvalue weighted by atomic mass is 9.88. The molecule has 0 spiro atoms. The van der Waals surface area contributed by atoms with E-state index in [0.29, 0.717) is 17.2 Å². The number of nitrogens with one attached hydrogen (secondary N) is 1. The molecule has 0 saturated heterocycles. The van der Waals surface area contributed by atoms with Crippen LogP contribution in [0.5, 0.6) is 5.75 Å². The fourth-order valence-electron chi connectivity index (χ4n) is 3.14. The molecule has 0 bridgehead atoms. The number of esters is 1. The second-order valence-electron chi connectivity index (χ2n) is 6.66. The van der Waals surface area contributed by atoms with E-state index in [0.717, 1.165) is 24.8 Å². The Labute approximate surface area is 165 Å². The lowest BCUT2D eigenvalue weighted by molar-refractivity contribution is -0.384. The van der Waals surface area contributed by atoms with Gasteiger partial charge in [-0.2, -0.15) is 0 Å². The van der Waals surface area contributed by atoms with Gasteiger partial charge in [0.2, 0.25) is 0 Å². The molecule has 0 saturated carbocycles. The second kappa shape index (κ2) is 8.39. The van der Waals surface area contributed by atoms with Crippen LogP contribution >= 0.6 is 11.3 Å². The van der Waals surface area contributed by atoms with Gasteiger partial charge in [-0.3, -0.25) is 14.9 Å². The van der Waals surface area contributed by atoms with E-state index in [1.165, 1.54) is 30.2 Å². The number of nitro benzene ring substituents is 1. The Morgan fingerprint density at radius 3 is 2.89 bits per heavy atom. The average molecular weight is 404 g/mol. The molecule has 8 nitrogen and oxygen atoms in total. The van der Waals surface area contributed by atoms with Crippen LogP contribution in [0, 0.1) is 16.0 Å². The molecular formula is C19H20N2O6S. The van der Waals surface area contributed by atoms with Gasteiger partial charge in [0.15, 0.2) is 6.61 Å². The number of fused-ring (bicyclic) bond motifs is 1. The van der Waals surface area contributed by atoms with Crippen molar-refractivity contribution in [1.29, 1.82) is 0 Å². The van der Waals surface area contributed by atoms with E-state index in [2.05, 4.69) is 12.2 Å². The van der Waals surface area contributed by atoms with Crippen LogP contribution in [0.4, 0.5) is 11.4 Å². The molecule has 28 heavy (non-hydrogen) atoms. The molecule has 9 heteroatoms. The van der Waals surface area contributed by atoms with Gasteiger partial charge in [-0.25, -0.2) is 4.79 Å². The summed E-state index contributed by atoms with van der Waals surface area (Å²) in [6, 6.07) is 4.07. The number of nitro groups is 1. The summed E-state index contributed by atoms with van der Waals surface area (Å²) in [7, 11) is 1.39. The maximum absolute atomic E-state index is 12.4. The normalized spacial score (nSPS) is 15.4. The molecule has 1 unspecified atom stereocenters. The van der Waals surface area contributed by atoms with Crippen molar-refractivity contribution in [2.75, 3.05) is 19.0 Å². The van der Waals surface area contributed by atoms with Crippen LogP contribution in [-0.2, 0) is 22.4 Å². The fraction of sp³-hybridized carbons (Fsp3) is 0.368. The van der Waals surface area contributed by atoms with Gasteiger partial charge in [-0.15, -0.1) is 11.3 Å². The van der Waals surface area contributed by atoms with Gasteiger partial charge >= 0.3 is 5.97 Å². The Morgan fingerprint density at radius 2 is 2.18 bits per heavy atom. The highest BCUT2D eigenvalue weighted by atomic mass is 32.1. The number of thiophene rings is 1. The summed E-state index contributed by atoms with van der Waals surface area (Å²) in [5.41, 5.74) is 1.23. The molecule has 3 rings (SSSR count). The molecule has 0 fully saturated rings. The van der Waals surface area contributed by atoms with Crippen molar-refractivity contribution < 1.29 is 24.0 Å². The van der Waals surface area contributed by atoms with Gasteiger partial charge in [0.1, 0.15) is 11.4 Å². The van der Waals surface area contributed by atoms with Crippen molar-refractivity contribution in [2.45, 2.75) is 26.2 Å². The SMILES string of the molecule is COc1ccc(NC(=O)COC(=O)c2csc3c2CCC(C)C3)c([N+](=O)[O-])c1. The molecule has 1 amide bonds. The van der Waals surface area contributed by atoms with E-state index >= 15 is 0 Å². The first-order chi connectivity index (χ1) is 13.4. The van der Waals surface area contributed by atoms with Crippen LogP contribution in [0.25, 0.3) is 0 Å². The Morgan fingerprint density at radius 1 is 1.39 bits per heavy atom. The van der Waals surface area contributed by atoms with Gasteiger partial charge < -0.3 is 14.8 Å². The Kier molecular flexibility index (Phi) is 5.93. The molecule has 148 valence electrons. The van der Waals surface area contributed by atoms with Crippen molar-refractivity contribution in [2.24, 2.45) is 5.92 Å². The second-order valence-corrected chi connectivity index (χ2v) is 7.63. The molecule has 0 aliphatic heterocycles. The lowest BCUT2D eigenvalue weighted by Crippen LogP contribution is -2.22. The maximum Gasteiger partial charge on any atom is 0.339 e. The zero-order chi connectivity index (χ0) is 20.3. The van der Waals surface area contributed by atoms with Crippen LogP contribution in [0.1, 0.15) is 34.1 Å². The smallest absolute Gasteiger partial charge is 0.339 e. The number of ether oxygens (including phenoxy) is 2. The topological polar surface area (TPSA) is 108 Å². The summed E-state index contributed by atoms with van der Waals surface area (Å²) >= 11 is 1.54. The number of hydrogen-bond acceptors (Lipinski definition) is 7. The largest absolute Gasteiger partial charge is 0.496 e. The minimum Gasteiger partial charge on any atom is -0.496 e. The molecule has 1 aliphatic carbocycles. The Bertz CT molecular complexity index is 923. The van der Waals surface area contributed by atoms with Crippen LogP contribution in [0.3, 0.4) is 0 Å². The number of amides is 1. The number of nitrogens with zero attached hydrogens (tertiary/aromatic N) is 1. The molecule has 1 aliphatic rings. The van der Waals surface area contributed by atoms with E-state index in [1.54, 1.807) is 16.7 Å². The number of carbonyl (C=O) groups excluding carboxylic acids is 2. The van der Waals surface area contributed by atoms with Crippen LogP contribution in [-0.4, -0.2) is 30.5 Å². The van der Waals surface area contributed by atoms with E-state index < -0.39 is 23.4 Å². The number of methoxy groups -OCH3 is 1. The highest BCUT2D eigenvalue weighted by Crippen LogP contribution is 2.33. The van der Waals surface area contributed by atoms with Gasteiger partial charge in [-0.05, 0) is 42.9 Å². The van der Waals surface area contributed by atoms with Gasteiger partial charge in [0, 0.05) is 10.3 Å². The zero-order valence-electron chi connectivity index (χ0n) is 15.5. The molecule has 2 aromatic rings. The Balaban J connectivity index is 1.62. The van der Waals surface area contributed by atoms with Crippen molar-refractivity contribution >= 4 is 34.6 Å².